The summed E-state index contributed by atoms with van der Waals surface area (Å²) >= 11 is 0. The van der Waals surface area contributed by atoms with Crippen LogP contribution in [0, 0.1) is 17.7 Å². The molecule has 1 atom stereocenters. The van der Waals surface area contributed by atoms with Crippen molar-refractivity contribution in [2.24, 2.45) is 17.6 Å². The highest BCUT2D eigenvalue weighted by atomic mass is 19.1. The zero-order chi connectivity index (χ0) is 21.8. The molecule has 4 nitrogen and oxygen atoms in total. The van der Waals surface area contributed by atoms with Gasteiger partial charge in [0.2, 0.25) is 5.91 Å². The highest BCUT2D eigenvalue weighted by molar-refractivity contribution is 5.75. The van der Waals surface area contributed by atoms with Crippen LogP contribution in [0.25, 0.3) is 0 Å². The monoisotopic (exact) mass is 425 g/mol. The normalized spacial score (nSPS) is 22.0. The molecule has 0 aliphatic heterocycles. The Labute approximate surface area is 183 Å². The minimum absolute atomic E-state index is 0.140. The van der Waals surface area contributed by atoms with Crippen molar-refractivity contribution in [3.63, 3.8) is 0 Å². The fourth-order valence-corrected chi connectivity index (χ4v) is 4.92. The molecule has 0 heterocycles. The molecule has 2 fully saturated rings. The van der Waals surface area contributed by atoms with Crippen LogP contribution >= 0.6 is 0 Å². The van der Waals surface area contributed by atoms with Gasteiger partial charge in [-0.3, -0.25) is 4.79 Å². The number of benzene rings is 2. The van der Waals surface area contributed by atoms with Gasteiger partial charge in [-0.05, 0) is 104 Å². The van der Waals surface area contributed by atoms with Gasteiger partial charge in [-0.25, -0.2) is 4.39 Å². The second-order valence-corrected chi connectivity index (χ2v) is 9.10. The van der Waals surface area contributed by atoms with Crippen molar-refractivity contribution in [2.75, 3.05) is 13.7 Å². The fraction of sp³-hybridized carbons (Fsp3) is 0.500. The van der Waals surface area contributed by atoms with E-state index in [0.29, 0.717) is 30.6 Å². The van der Waals surface area contributed by atoms with E-state index in [4.69, 9.17) is 15.2 Å². The number of carbonyl (C=O) groups excluding carboxylic acids is 1. The van der Waals surface area contributed by atoms with Crippen LogP contribution in [0.4, 0.5) is 4.39 Å². The molecule has 0 bridgehead atoms. The number of carbonyl (C=O) groups is 1. The molecule has 166 valence electrons. The molecule has 31 heavy (non-hydrogen) atoms. The predicted octanol–water partition coefficient (Wildman–Crippen LogP) is 5.56. The Kier molecular flexibility index (Phi) is 6.79. The molecule has 2 aromatic rings. The smallest absolute Gasteiger partial charge is 0.218 e. The minimum atomic E-state index is -0.243. The summed E-state index contributed by atoms with van der Waals surface area (Å²) in [4.78, 5) is 11.5. The predicted molar refractivity (Wildman–Crippen MR) is 119 cm³/mol. The van der Waals surface area contributed by atoms with E-state index in [1.807, 2.05) is 18.2 Å². The van der Waals surface area contributed by atoms with Gasteiger partial charge in [0, 0.05) is 6.42 Å². The quantitative estimate of drug-likeness (QED) is 0.572. The molecule has 1 unspecified atom stereocenters. The first-order valence-corrected chi connectivity index (χ1v) is 11.4. The maximum Gasteiger partial charge on any atom is 0.218 e. The molecule has 5 heteroatoms. The van der Waals surface area contributed by atoms with Gasteiger partial charge in [0.15, 0.2) is 0 Å². The molecule has 2 N–H and O–H groups in total. The molecule has 4 rings (SSSR count). The third-order valence-corrected chi connectivity index (χ3v) is 6.87. The maximum absolute atomic E-state index is 14.3. The van der Waals surface area contributed by atoms with Crippen LogP contribution in [0.5, 0.6) is 11.5 Å². The number of nitrogens with two attached hydrogens (primary N) is 1. The van der Waals surface area contributed by atoms with Gasteiger partial charge in [-0.15, -0.1) is 0 Å². The summed E-state index contributed by atoms with van der Waals surface area (Å²) < 4.78 is 25.7. The Morgan fingerprint density at radius 3 is 2.52 bits per heavy atom. The number of halogens is 1. The summed E-state index contributed by atoms with van der Waals surface area (Å²) in [5.41, 5.74) is 7.39. The molecule has 2 aliphatic carbocycles. The summed E-state index contributed by atoms with van der Waals surface area (Å²) in [6.07, 6.45) is 6.70. The molecule has 2 aliphatic rings. The van der Waals surface area contributed by atoms with Crippen LogP contribution in [0.2, 0.25) is 0 Å². The van der Waals surface area contributed by atoms with E-state index in [9.17, 15) is 9.18 Å². The zero-order valence-electron chi connectivity index (χ0n) is 18.2. The highest BCUT2D eigenvalue weighted by Gasteiger charge is 2.33. The number of rotatable bonds is 9. The number of hydrogen-bond donors (Lipinski definition) is 1. The number of amides is 1. The molecular weight excluding hydrogens is 393 g/mol. The van der Waals surface area contributed by atoms with E-state index in [1.165, 1.54) is 18.9 Å². The molecule has 0 saturated heterocycles. The van der Waals surface area contributed by atoms with E-state index in [1.54, 1.807) is 13.2 Å². The van der Waals surface area contributed by atoms with Crippen molar-refractivity contribution in [3.05, 3.63) is 59.4 Å². The second-order valence-electron chi connectivity index (χ2n) is 9.10. The van der Waals surface area contributed by atoms with Crippen LogP contribution in [-0.4, -0.2) is 19.6 Å². The lowest BCUT2D eigenvalue weighted by atomic mass is 9.79. The molecule has 0 aromatic heterocycles. The van der Waals surface area contributed by atoms with Gasteiger partial charge < -0.3 is 15.2 Å². The molecule has 0 radical (unpaired) electrons. The van der Waals surface area contributed by atoms with Crippen LogP contribution in [0.3, 0.4) is 0 Å². The average molecular weight is 426 g/mol. The third kappa shape index (κ3) is 5.57. The summed E-state index contributed by atoms with van der Waals surface area (Å²) in [5, 5.41) is 0. The molecule has 2 aromatic carbocycles. The van der Waals surface area contributed by atoms with Crippen molar-refractivity contribution in [3.8, 4) is 11.5 Å². The van der Waals surface area contributed by atoms with Gasteiger partial charge in [-0.2, -0.15) is 0 Å². The summed E-state index contributed by atoms with van der Waals surface area (Å²) in [6, 6.07) is 13.1. The van der Waals surface area contributed by atoms with Crippen molar-refractivity contribution < 1.29 is 18.7 Å². The summed E-state index contributed by atoms with van der Waals surface area (Å²) in [7, 11) is 1.61. The maximum atomic E-state index is 14.3. The van der Waals surface area contributed by atoms with Crippen molar-refractivity contribution in [1.29, 1.82) is 0 Å². The lowest BCUT2D eigenvalue weighted by Gasteiger charge is -2.29. The van der Waals surface area contributed by atoms with Gasteiger partial charge >= 0.3 is 0 Å². The number of primary amides is 1. The largest absolute Gasteiger partial charge is 0.497 e. The number of hydrogen-bond acceptors (Lipinski definition) is 3. The zero-order valence-corrected chi connectivity index (χ0v) is 18.2. The minimum Gasteiger partial charge on any atom is -0.497 e. The highest BCUT2D eigenvalue weighted by Crippen LogP contribution is 2.45. The van der Waals surface area contributed by atoms with Crippen LogP contribution < -0.4 is 15.2 Å². The molecule has 1 amide bonds. The Balaban J connectivity index is 1.31. The van der Waals surface area contributed by atoms with E-state index in [0.717, 1.165) is 42.6 Å². The fourth-order valence-electron chi connectivity index (χ4n) is 4.92. The SMILES string of the molecule is COc1ccc(F)c(C2CCC(COc3cccc(C(CC(N)=O)C4CC4)c3)CC2)c1. The van der Waals surface area contributed by atoms with Crippen LogP contribution in [-0.2, 0) is 4.79 Å². The Morgan fingerprint density at radius 1 is 1.06 bits per heavy atom. The van der Waals surface area contributed by atoms with E-state index in [2.05, 4.69) is 12.1 Å². The summed E-state index contributed by atoms with van der Waals surface area (Å²) in [5.74, 6) is 2.66. The second kappa shape index (κ2) is 9.71. The lowest BCUT2D eigenvalue weighted by Crippen LogP contribution is -2.20. The first-order chi connectivity index (χ1) is 15.0. The van der Waals surface area contributed by atoms with Crippen molar-refractivity contribution in [2.45, 2.75) is 56.8 Å². The number of ether oxygens (including phenoxy) is 2. The molecular formula is C26H32FNO3. The molecule has 0 spiro atoms. The standard InChI is InChI=1S/C26H32FNO3/c1-30-21-11-12-25(27)24(14-21)19-7-5-17(6-8-19)16-31-22-4-2-3-20(13-22)23(15-26(28)29)18-9-10-18/h2-4,11-14,17-19,23H,5-10,15-16H2,1H3,(H2,28,29). The van der Waals surface area contributed by atoms with Gasteiger partial charge in [-0.1, -0.05) is 12.1 Å². The van der Waals surface area contributed by atoms with E-state index < -0.39 is 0 Å². The summed E-state index contributed by atoms with van der Waals surface area (Å²) in [6.45, 7) is 0.667. The first kappa shape index (κ1) is 21.7. The molecule has 2 saturated carbocycles. The Morgan fingerprint density at radius 2 is 1.84 bits per heavy atom. The van der Waals surface area contributed by atoms with Gasteiger partial charge in [0.25, 0.3) is 0 Å². The number of methoxy groups -OCH3 is 1. The van der Waals surface area contributed by atoms with Crippen LogP contribution in [0.1, 0.15) is 67.9 Å². The van der Waals surface area contributed by atoms with Crippen molar-refractivity contribution in [1.82, 2.24) is 0 Å². The third-order valence-electron chi connectivity index (χ3n) is 6.87. The van der Waals surface area contributed by atoms with Gasteiger partial charge in [0.1, 0.15) is 17.3 Å². The average Bonchev–Trinajstić information content (AvgIpc) is 3.62. The van der Waals surface area contributed by atoms with Gasteiger partial charge in [0.05, 0.1) is 13.7 Å². The van der Waals surface area contributed by atoms with E-state index in [-0.39, 0.29) is 23.6 Å². The first-order valence-electron chi connectivity index (χ1n) is 11.4. The van der Waals surface area contributed by atoms with E-state index >= 15 is 0 Å². The Bertz CT molecular complexity index is 903. The van der Waals surface area contributed by atoms with Crippen LogP contribution in [0.15, 0.2) is 42.5 Å². The topological polar surface area (TPSA) is 61.6 Å². The van der Waals surface area contributed by atoms with Crippen molar-refractivity contribution >= 4 is 5.91 Å². The Hall–Kier alpha value is -2.56. The lowest BCUT2D eigenvalue weighted by molar-refractivity contribution is -0.118.